The molecule has 1 heterocycles. The summed E-state index contributed by atoms with van der Waals surface area (Å²) >= 11 is 3.36. The topological polar surface area (TPSA) is 59.4 Å². The minimum atomic E-state index is -1.00. The normalized spacial score (nSPS) is 10.1. The van der Waals surface area contributed by atoms with Crippen LogP contribution in [0.15, 0.2) is 41.0 Å². The van der Waals surface area contributed by atoms with Gasteiger partial charge in [0, 0.05) is 16.7 Å². The fourth-order valence-electron chi connectivity index (χ4n) is 1.44. The number of aromatic nitrogens is 1. The standard InChI is InChI=1S/C13H10BrNO3/c1-8-6-10(14)2-3-11(8)18-12-7-9(13(16)17)4-5-15-12/h2-7H,1H3,(H,16,17). The largest absolute Gasteiger partial charge is 0.478 e. The van der Waals surface area contributed by atoms with Gasteiger partial charge in [-0.2, -0.15) is 0 Å². The molecule has 1 aromatic heterocycles. The van der Waals surface area contributed by atoms with Crippen molar-refractivity contribution in [1.29, 1.82) is 0 Å². The maximum absolute atomic E-state index is 10.8. The molecule has 0 amide bonds. The van der Waals surface area contributed by atoms with Crippen molar-refractivity contribution < 1.29 is 14.6 Å². The lowest BCUT2D eigenvalue weighted by molar-refractivity contribution is 0.0696. The van der Waals surface area contributed by atoms with Crippen LogP contribution in [0.1, 0.15) is 15.9 Å². The van der Waals surface area contributed by atoms with Crippen molar-refractivity contribution in [2.45, 2.75) is 6.92 Å². The molecule has 18 heavy (non-hydrogen) atoms. The van der Waals surface area contributed by atoms with Gasteiger partial charge in [-0.15, -0.1) is 0 Å². The molecule has 0 spiro atoms. The fourth-order valence-corrected chi connectivity index (χ4v) is 1.91. The predicted octanol–water partition coefficient (Wildman–Crippen LogP) is 3.64. The molecule has 0 radical (unpaired) electrons. The van der Waals surface area contributed by atoms with Crippen LogP contribution in [0.5, 0.6) is 11.6 Å². The highest BCUT2D eigenvalue weighted by Crippen LogP contribution is 2.26. The van der Waals surface area contributed by atoms with Gasteiger partial charge in [-0.3, -0.25) is 0 Å². The van der Waals surface area contributed by atoms with Gasteiger partial charge in [-0.1, -0.05) is 15.9 Å². The lowest BCUT2D eigenvalue weighted by Crippen LogP contribution is -1.98. The van der Waals surface area contributed by atoms with Crippen LogP contribution >= 0.6 is 15.9 Å². The van der Waals surface area contributed by atoms with Crippen molar-refractivity contribution in [3.8, 4) is 11.6 Å². The molecule has 0 aliphatic heterocycles. The molecule has 2 aromatic rings. The molecule has 0 fully saturated rings. The van der Waals surface area contributed by atoms with E-state index in [0.29, 0.717) is 5.75 Å². The highest BCUT2D eigenvalue weighted by molar-refractivity contribution is 9.10. The molecule has 1 aromatic carbocycles. The second kappa shape index (κ2) is 5.18. The summed E-state index contributed by atoms with van der Waals surface area (Å²) in [6.07, 6.45) is 1.41. The summed E-state index contributed by atoms with van der Waals surface area (Å²) in [5.41, 5.74) is 1.08. The number of ether oxygens (including phenoxy) is 1. The van der Waals surface area contributed by atoms with E-state index in [-0.39, 0.29) is 11.4 Å². The average Bonchev–Trinajstić information content (AvgIpc) is 2.33. The van der Waals surface area contributed by atoms with E-state index in [1.54, 1.807) is 6.07 Å². The van der Waals surface area contributed by atoms with E-state index in [0.717, 1.165) is 10.0 Å². The zero-order valence-corrected chi connectivity index (χ0v) is 11.1. The third-order valence-corrected chi connectivity index (χ3v) is 2.83. The van der Waals surface area contributed by atoms with Gasteiger partial charge < -0.3 is 9.84 Å². The Balaban J connectivity index is 2.28. The van der Waals surface area contributed by atoms with Gasteiger partial charge >= 0.3 is 5.97 Å². The van der Waals surface area contributed by atoms with Crippen LogP contribution in [0, 0.1) is 6.92 Å². The summed E-state index contributed by atoms with van der Waals surface area (Å²) in [6.45, 7) is 1.90. The van der Waals surface area contributed by atoms with Crippen molar-refractivity contribution in [1.82, 2.24) is 4.98 Å². The summed E-state index contributed by atoms with van der Waals surface area (Å²) < 4.78 is 6.52. The maximum Gasteiger partial charge on any atom is 0.335 e. The lowest BCUT2D eigenvalue weighted by atomic mass is 10.2. The molecule has 4 nitrogen and oxygen atoms in total. The molecule has 0 saturated carbocycles. The number of carbonyl (C=O) groups is 1. The maximum atomic E-state index is 10.8. The predicted molar refractivity (Wildman–Crippen MR) is 70.1 cm³/mol. The Kier molecular flexibility index (Phi) is 3.62. The van der Waals surface area contributed by atoms with Crippen molar-refractivity contribution in [3.63, 3.8) is 0 Å². The minimum absolute atomic E-state index is 0.148. The van der Waals surface area contributed by atoms with E-state index in [9.17, 15) is 4.79 Å². The van der Waals surface area contributed by atoms with Crippen LogP contribution in [0.2, 0.25) is 0 Å². The number of hydrogen-bond acceptors (Lipinski definition) is 3. The molecule has 5 heteroatoms. The highest BCUT2D eigenvalue weighted by Gasteiger charge is 2.07. The number of rotatable bonds is 3. The van der Waals surface area contributed by atoms with Crippen molar-refractivity contribution in [3.05, 3.63) is 52.1 Å². The number of hydrogen-bond donors (Lipinski definition) is 1. The lowest BCUT2D eigenvalue weighted by Gasteiger charge is -2.08. The molecular formula is C13H10BrNO3. The molecule has 0 saturated heterocycles. The zero-order valence-electron chi connectivity index (χ0n) is 9.55. The first-order valence-electron chi connectivity index (χ1n) is 5.19. The number of carboxylic acids is 1. The van der Waals surface area contributed by atoms with Gasteiger partial charge in [0.05, 0.1) is 5.56 Å². The second-order valence-electron chi connectivity index (χ2n) is 3.70. The Morgan fingerprint density at radius 1 is 1.33 bits per heavy atom. The smallest absolute Gasteiger partial charge is 0.335 e. The van der Waals surface area contributed by atoms with E-state index in [4.69, 9.17) is 9.84 Å². The molecule has 0 atom stereocenters. The second-order valence-corrected chi connectivity index (χ2v) is 4.62. The van der Waals surface area contributed by atoms with E-state index >= 15 is 0 Å². The number of halogens is 1. The Bertz CT molecular complexity index is 599. The molecule has 1 N–H and O–H groups in total. The molecule has 0 unspecified atom stereocenters. The van der Waals surface area contributed by atoms with Gasteiger partial charge in [0.25, 0.3) is 0 Å². The molecule has 0 aliphatic carbocycles. The molecule has 2 rings (SSSR count). The molecule has 0 bridgehead atoms. The number of pyridine rings is 1. The Morgan fingerprint density at radius 2 is 2.11 bits per heavy atom. The van der Waals surface area contributed by atoms with E-state index < -0.39 is 5.97 Å². The Labute approximate surface area is 112 Å². The van der Waals surface area contributed by atoms with Gasteiger partial charge in [0.1, 0.15) is 5.75 Å². The fraction of sp³-hybridized carbons (Fsp3) is 0.0769. The summed E-state index contributed by atoms with van der Waals surface area (Å²) in [6, 6.07) is 8.38. The third-order valence-electron chi connectivity index (χ3n) is 2.33. The van der Waals surface area contributed by atoms with Gasteiger partial charge in [-0.25, -0.2) is 9.78 Å². The van der Waals surface area contributed by atoms with E-state index in [1.165, 1.54) is 18.3 Å². The van der Waals surface area contributed by atoms with Gasteiger partial charge in [0.15, 0.2) is 0 Å². The molecule has 92 valence electrons. The number of nitrogens with zero attached hydrogens (tertiary/aromatic N) is 1. The first-order chi connectivity index (χ1) is 8.56. The van der Waals surface area contributed by atoms with E-state index in [1.807, 2.05) is 19.1 Å². The van der Waals surface area contributed by atoms with Crippen LogP contribution < -0.4 is 4.74 Å². The Morgan fingerprint density at radius 3 is 2.78 bits per heavy atom. The van der Waals surface area contributed by atoms with Crippen molar-refractivity contribution in [2.24, 2.45) is 0 Å². The first kappa shape index (κ1) is 12.6. The van der Waals surface area contributed by atoms with Gasteiger partial charge in [-0.05, 0) is 36.8 Å². The van der Waals surface area contributed by atoms with Gasteiger partial charge in [0.2, 0.25) is 5.88 Å². The quantitative estimate of drug-likeness (QED) is 0.940. The summed E-state index contributed by atoms with van der Waals surface area (Å²) in [5.74, 6) is -0.0941. The minimum Gasteiger partial charge on any atom is -0.478 e. The average molecular weight is 308 g/mol. The number of aryl methyl sites for hydroxylation is 1. The first-order valence-corrected chi connectivity index (χ1v) is 5.99. The summed E-state index contributed by atoms with van der Waals surface area (Å²) in [7, 11) is 0. The Hall–Kier alpha value is -1.88. The molecular weight excluding hydrogens is 298 g/mol. The monoisotopic (exact) mass is 307 g/mol. The third kappa shape index (κ3) is 2.87. The van der Waals surface area contributed by atoms with Crippen molar-refractivity contribution >= 4 is 21.9 Å². The number of benzene rings is 1. The van der Waals surface area contributed by atoms with Crippen LogP contribution in [-0.4, -0.2) is 16.1 Å². The van der Waals surface area contributed by atoms with Crippen molar-refractivity contribution in [2.75, 3.05) is 0 Å². The number of aromatic carboxylic acids is 1. The van der Waals surface area contributed by atoms with E-state index in [2.05, 4.69) is 20.9 Å². The zero-order chi connectivity index (χ0) is 13.1. The molecule has 0 aliphatic rings. The van der Waals surface area contributed by atoms with Crippen LogP contribution in [0.25, 0.3) is 0 Å². The summed E-state index contributed by atoms with van der Waals surface area (Å²) in [4.78, 5) is 14.8. The highest BCUT2D eigenvalue weighted by atomic mass is 79.9. The van der Waals surface area contributed by atoms with Crippen LogP contribution in [0.4, 0.5) is 0 Å². The van der Waals surface area contributed by atoms with Crippen LogP contribution in [-0.2, 0) is 0 Å². The number of carboxylic acid groups (broad SMARTS) is 1. The SMILES string of the molecule is Cc1cc(Br)ccc1Oc1cc(C(=O)O)ccn1. The van der Waals surface area contributed by atoms with Crippen LogP contribution in [0.3, 0.4) is 0 Å². The summed E-state index contributed by atoms with van der Waals surface area (Å²) in [5, 5.41) is 8.88.